The number of sulfone groups is 1. The van der Waals surface area contributed by atoms with E-state index in [1.807, 2.05) is 6.92 Å². The van der Waals surface area contributed by atoms with Crippen molar-refractivity contribution in [1.82, 2.24) is 8.54 Å². The van der Waals surface area contributed by atoms with Gasteiger partial charge in [-0.1, -0.05) is 17.7 Å². The Balaban J connectivity index is 2.05. The zero-order chi connectivity index (χ0) is 23.4. The topological polar surface area (TPSA) is 95.2 Å². The summed E-state index contributed by atoms with van der Waals surface area (Å²) in [6, 6.07) is 11.0. The number of hydrogen-bond acceptors (Lipinski definition) is 5. The molecule has 0 amide bonds. The van der Waals surface area contributed by atoms with Gasteiger partial charge in [0.15, 0.2) is 9.84 Å². The van der Waals surface area contributed by atoms with Gasteiger partial charge in [-0.15, -0.1) is 0 Å². The predicted octanol–water partition coefficient (Wildman–Crippen LogP) is 3.10. The van der Waals surface area contributed by atoms with Crippen molar-refractivity contribution in [3.8, 4) is 11.1 Å². The summed E-state index contributed by atoms with van der Waals surface area (Å²) in [5.74, 6) is -0.702. The second-order valence-corrected chi connectivity index (χ2v) is 11.4. The molecule has 166 valence electrons. The van der Waals surface area contributed by atoms with E-state index in [0.717, 1.165) is 32.5 Å². The average Bonchev–Trinajstić information content (AvgIpc) is 3.17. The van der Waals surface area contributed by atoms with Crippen LogP contribution < -0.4 is 5.56 Å². The number of aryl methyl sites for hydroxylation is 2. The molecule has 4 rings (SSSR count). The highest BCUT2D eigenvalue weighted by Crippen LogP contribution is 2.32. The van der Waals surface area contributed by atoms with Gasteiger partial charge in [0.25, 0.3) is 15.6 Å². The molecule has 0 saturated carbocycles. The fourth-order valence-corrected chi connectivity index (χ4v) is 5.50. The van der Waals surface area contributed by atoms with E-state index in [4.69, 9.17) is 0 Å². The summed E-state index contributed by atoms with van der Waals surface area (Å²) in [6.45, 7) is 1.82. The molecule has 0 N–H and O–H groups in total. The Morgan fingerprint density at radius 3 is 2.12 bits per heavy atom. The van der Waals surface area contributed by atoms with Gasteiger partial charge in [-0.05, 0) is 43.3 Å². The predicted molar refractivity (Wildman–Crippen MR) is 119 cm³/mol. The minimum Gasteiger partial charge on any atom is -0.316 e. The first-order chi connectivity index (χ1) is 14.9. The Labute approximate surface area is 184 Å². The number of aromatic nitrogens is 2. The molecule has 0 aliphatic carbocycles. The van der Waals surface area contributed by atoms with Gasteiger partial charge < -0.3 is 4.57 Å². The van der Waals surface area contributed by atoms with E-state index in [0.29, 0.717) is 0 Å². The van der Waals surface area contributed by atoms with Crippen LogP contribution in [0, 0.1) is 12.7 Å². The molecule has 10 heteroatoms. The second kappa shape index (κ2) is 7.42. The summed E-state index contributed by atoms with van der Waals surface area (Å²) in [7, 11) is -6.30. The molecule has 32 heavy (non-hydrogen) atoms. The van der Waals surface area contributed by atoms with Crippen LogP contribution in [-0.2, 0) is 26.9 Å². The summed E-state index contributed by atoms with van der Waals surface area (Å²) < 4.78 is 67.2. The molecular formula is C22H19FN2O5S2. The third-order valence-electron chi connectivity index (χ3n) is 5.22. The fraction of sp³-hybridized carbons (Fsp3) is 0.136. The molecule has 7 nitrogen and oxygen atoms in total. The normalized spacial score (nSPS) is 12.4. The number of halogens is 1. The van der Waals surface area contributed by atoms with Crippen LogP contribution in [0.1, 0.15) is 5.56 Å². The molecule has 0 radical (unpaired) electrons. The quantitative estimate of drug-likeness (QED) is 0.424. The summed E-state index contributed by atoms with van der Waals surface area (Å²) in [6.07, 6.45) is 3.60. The van der Waals surface area contributed by atoms with Crippen LogP contribution in [0.25, 0.3) is 22.0 Å². The third kappa shape index (κ3) is 3.55. The van der Waals surface area contributed by atoms with Gasteiger partial charge in [0.05, 0.1) is 9.79 Å². The SMILES string of the molecule is Cc1ccc(S(=O)(=O)n2ccc3c(-c4cc(S(C)(=O)=O)ccc4F)cn(C)c(=O)c32)cc1. The van der Waals surface area contributed by atoms with Gasteiger partial charge in [-0.3, -0.25) is 4.79 Å². The van der Waals surface area contributed by atoms with Gasteiger partial charge >= 0.3 is 0 Å². The number of nitrogens with zero attached hydrogens (tertiary/aromatic N) is 2. The van der Waals surface area contributed by atoms with E-state index in [1.54, 1.807) is 12.1 Å². The Bertz CT molecular complexity index is 1650. The van der Waals surface area contributed by atoms with Crippen LogP contribution >= 0.6 is 0 Å². The number of pyridine rings is 1. The van der Waals surface area contributed by atoms with Crippen LogP contribution in [0.15, 0.2) is 75.5 Å². The number of rotatable bonds is 4. The highest BCUT2D eigenvalue weighted by Gasteiger charge is 2.24. The minimum absolute atomic E-state index is 0.00156. The summed E-state index contributed by atoms with van der Waals surface area (Å²) in [5, 5.41) is 0.188. The van der Waals surface area contributed by atoms with Gasteiger partial charge in [-0.2, -0.15) is 0 Å². The number of fused-ring (bicyclic) bond motifs is 1. The Morgan fingerprint density at radius 1 is 0.875 bits per heavy atom. The molecule has 0 aliphatic heterocycles. The summed E-state index contributed by atoms with van der Waals surface area (Å²) in [4.78, 5) is 12.8. The molecule has 0 fully saturated rings. The number of hydrogen-bond donors (Lipinski definition) is 0. The lowest BCUT2D eigenvalue weighted by Crippen LogP contribution is -2.22. The van der Waals surface area contributed by atoms with E-state index in [9.17, 15) is 26.0 Å². The molecular weight excluding hydrogens is 455 g/mol. The molecule has 4 aromatic rings. The highest BCUT2D eigenvalue weighted by atomic mass is 32.2. The zero-order valence-electron chi connectivity index (χ0n) is 17.4. The fourth-order valence-electron chi connectivity index (χ4n) is 3.51. The van der Waals surface area contributed by atoms with Crippen LogP contribution in [-0.4, -0.2) is 31.6 Å². The van der Waals surface area contributed by atoms with Gasteiger partial charge in [0.2, 0.25) is 0 Å². The molecule has 0 aliphatic rings. The van der Waals surface area contributed by atoms with Crippen molar-refractivity contribution in [3.63, 3.8) is 0 Å². The molecule has 0 saturated heterocycles. The maximum atomic E-state index is 14.7. The summed E-state index contributed by atoms with van der Waals surface area (Å²) in [5.41, 5.74) is 0.265. The first-order valence-electron chi connectivity index (χ1n) is 9.44. The van der Waals surface area contributed by atoms with Gasteiger partial charge in [-0.25, -0.2) is 25.2 Å². The van der Waals surface area contributed by atoms with E-state index < -0.39 is 31.2 Å². The van der Waals surface area contributed by atoms with Crippen LogP contribution in [0.3, 0.4) is 0 Å². The Hall–Kier alpha value is -3.24. The summed E-state index contributed by atoms with van der Waals surface area (Å²) >= 11 is 0. The standard InChI is InChI=1S/C22H19FN2O5S2/c1-14-4-6-15(7-5-14)32(29,30)25-11-10-17-19(13-24(2)22(26)21(17)25)18-12-16(31(3,27)28)8-9-20(18)23/h4-13H,1-3H3. The van der Waals surface area contributed by atoms with E-state index in [-0.39, 0.29) is 31.8 Å². The largest absolute Gasteiger partial charge is 0.316 e. The van der Waals surface area contributed by atoms with Crippen LogP contribution in [0.5, 0.6) is 0 Å². The van der Waals surface area contributed by atoms with E-state index in [1.165, 1.54) is 43.7 Å². The van der Waals surface area contributed by atoms with Crippen LogP contribution in [0.4, 0.5) is 4.39 Å². The van der Waals surface area contributed by atoms with Crippen molar-refractivity contribution in [2.24, 2.45) is 7.05 Å². The van der Waals surface area contributed by atoms with Crippen molar-refractivity contribution in [1.29, 1.82) is 0 Å². The maximum absolute atomic E-state index is 14.7. The number of benzene rings is 2. The Morgan fingerprint density at radius 2 is 1.50 bits per heavy atom. The molecule has 0 bridgehead atoms. The molecule has 0 unspecified atom stereocenters. The Kier molecular flexibility index (Phi) is 5.09. The first-order valence-corrected chi connectivity index (χ1v) is 12.8. The van der Waals surface area contributed by atoms with Gasteiger partial charge in [0, 0.05) is 42.2 Å². The maximum Gasteiger partial charge on any atom is 0.275 e. The second-order valence-electron chi connectivity index (χ2n) is 7.56. The smallest absolute Gasteiger partial charge is 0.275 e. The lowest BCUT2D eigenvalue weighted by atomic mass is 10.0. The van der Waals surface area contributed by atoms with E-state index in [2.05, 4.69) is 0 Å². The van der Waals surface area contributed by atoms with Crippen molar-refractivity contribution in [2.45, 2.75) is 16.7 Å². The zero-order valence-corrected chi connectivity index (χ0v) is 19.0. The molecule has 0 spiro atoms. The molecule has 2 heterocycles. The van der Waals surface area contributed by atoms with Crippen molar-refractivity contribution < 1.29 is 21.2 Å². The van der Waals surface area contributed by atoms with Crippen LogP contribution in [0.2, 0.25) is 0 Å². The van der Waals surface area contributed by atoms with E-state index >= 15 is 0 Å². The lowest BCUT2D eigenvalue weighted by molar-refractivity contribution is 0.588. The first kappa shape index (κ1) is 22.0. The third-order valence-corrected chi connectivity index (χ3v) is 8.02. The van der Waals surface area contributed by atoms with Crippen molar-refractivity contribution in [2.75, 3.05) is 6.26 Å². The minimum atomic E-state index is -4.11. The molecule has 2 aromatic heterocycles. The monoisotopic (exact) mass is 474 g/mol. The van der Waals surface area contributed by atoms with Gasteiger partial charge in [0.1, 0.15) is 11.3 Å². The average molecular weight is 475 g/mol. The van der Waals surface area contributed by atoms with Crippen molar-refractivity contribution in [3.05, 3.63) is 82.7 Å². The molecule has 2 aromatic carbocycles. The molecule has 0 atom stereocenters. The lowest BCUT2D eigenvalue weighted by Gasteiger charge is -2.12. The van der Waals surface area contributed by atoms with Crippen molar-refractivity contribution >= 4 is 30.8 Å². The highest BCUT2D eigenvalue weighted by molar-refractivity contribution is 7.90.